The summed E-state index contributed by atoms with van der Waals surface area (Å²) in [5.74, 6) is -0.490. The van der Waals surface area contributed by atoms with Gasteiger partial charge < -0.3 is 0 Å². The Morgan fingerprint density at radius 1 is 1.46 bits per heavy atom. The van der Waals surface area contributed by atoms with E-state index < -0.39 is 5.97 Å². The zero-order valence-electron chi connectivity index (χ0n) is 7.40. The average Bonchev–Trinajstić information content (AvgIpc) is 2.19. The first-order valence-electron chi connectivity index (χ1n) is 4.08. The van der Waals surface area contributed by atoms with Gasteiger partial charge in [-0.25, -0.2) is 4.79 Å². The molecule has 4 heteroatoms. The highest BCUT2D eigenvalue weighted by Gasteiger charge is 2.06. The maximum atomic E-state index is 11.1. The standard InChI is InChI=1S/C9H11NO3/c1-2-7-12-13-9(11)8-3-5-10-6-4-8/h3-6H,2,7H2,1H3. The van der Waals surface area contributed by atoms with Crippen LogP contribution in [0.25, 0.3) is 0 Å². The SMILES string of the molecule is CCCOOC(=O)c1ccncc1. The molecule has 13 heavy (non-hydrogen) atoms. The fourth-order valence-electron chi connectivity index (χ4n) is 0.715. The van der Waals surface area contributed by atoms with Gasteiger partial charge in [0.15, 0.2) is 0 Å². The average molecular weight is 181 g/mol. The molecule has 0 unspecified atom stereocenters. The van der Waals surface area contributed by atoms with Crippen molar-refractivity contribution in [2.24, 2.45) is 0 Å². The number of pyridine rings is 1. The van der Waals surface area contributed by atoms with Gasteiger partial charge in [0, 0.05) is 12.4 Å². The molecule has 0 aliphatic heterocycles. The molecule has 0 N–H and O–H groups in total. The Kier molecular flexibility index (Phi) is 3.92. The molecule has 1 aromatic rings. The van der Waals surface area contributed by atoms with Gasteiger partial charge in [-0.2, -0.15) is 4.89 Å². The molecule has 0 aromatic carbocycles. The van der Waals surface area contributed by atoms with Gasteiger partial charge in [0.05, 0.1) is 12.2 Å². The minimum Gasteiger partial charge on any atom is -0.293 e. The molecule has 0 bridgehead atoms. The second kappa shape index (κ2) is 5.27. The second-order valence-electron chi connectivity index (χ2n) is 2.43. The van der Waals surface area contributed by atoms with E-state index in [2.05, 4.69) is 14.8 Å². The predicted molar refractivity (Wildman–Crippen MR) is 45.9 cm³/mol. The lowest BCUT2D eigenvalue weighted by Crippen LogP contribution is -2.06. The highest BCUT2D eigenvalue weighted by molar-refractivity contribution is 5.88. The quantitative estimate of drug-likeness (QED) is 0.402. The minimum absolute atomic E-state index is 0.414. The van der Waals surface area contributed by atoms with Crippen LogP contribution in [-0.2, 0) is 9.78 Å². The molecular formula is C9H11NO3. The number of aromatic nitrogens is 1. The number of carbonyl (C=O) groups excluding carboxylic acids is 1. The molecule has 0 saturated carbocycles. The molecule has 0 aliphatic rings. The van der Waals surface area contributed by atoms with Crippen LogP contribution in [0.4, 0.5) is 0 Å². The summed E-state index contributed by atoms with van der Waals surface area (Å²) in [5.41, 5.74) is 0.436. The van der Waals surface area contributed by atoms with Gasteiger partial charge in [-0.1, -0.05) is 6.92 Å². The van der Waals surface area contributed by atoms with Crippen LogP contribution in [-0.4, -0.2) is 17.6 Å². The van der Waals surface area contributed by atoms with Crippen molar-refractivity contribution in [2.45, 2.75) is 13.3 Å². The summed E-state index contributed by atoms with van der Waals surface area (Å²) >= 11 is 0. The second-order valence-corrected chi connectivity index (χ2v) is 2.43. The Bertz CT molecular complexity index is 261. The first-order valence-corrected chi connectivity index (χ1v) is 4.08. The van der Waals surface area contributed by atoms with E-state index in [0.717, 1.165) is 6.42 Å². The maximum absolute atomic E-state index is 11.1. The van der Waals surface area contributed by atoms with Crippen molar-refractivity contribution >= 4 is 5.97 Å². The zero-order valence-corrected chi connectivity index (χ0v) is 7.40. The highest BCUT2D eigenvalue weighted by atomic mass is 17.2. The molecule has 0 spiro atoms. The van der Waals surface area contributed by atoms with Crippen molar-refractivity contribution in [3.05, 3.63) is 30.1 Å². The Morgan fingerprint density at radius 2 is 2.15 bits per heavy atom. The monoisotopic (exact) mass is 181 g/mol. The first kappa shape index (κ1) is 9.67. The van der Waals surface area contributed by atoms with Crippen LogP contribution in [0.1, 0.15) is 23.7 Å². The largest absolute Gasteiger partial charge is 0.373 e. The van der Waals surface area contributed by atoms with E-state index in [-0.39, 0.29) is 0 Å². The maximum Gasteiger partial charge on any atom is 0.373 e. The van der Waals surface area contributed by atoms with Crippen LogP contribution in [0, 0.1) is 0 Å². The molecule has 4 nitrogen and oxygen atoms in total. The number of hydrogen-bond donors (Lipinski definition) is 0. The van der Waals surface area contributed by atoms with Gasteiger partial charge in [0.1, 0.15) is 0 Å². The molecule has 1 rings (SSSR count). The molecule has 0 saturated heterocycles. The Morgan fingerprint density at radius 3 is 2.77 bits per heavy atom. The fraction of sp³-hybridized carbons (Fsp3) is 0.333. The topological polar surface area (TPSA) is 48.4 Å². The molecule has 0 atom stereocenters. The Hall–Kier alpha value is -1.42. The third-order valence-electron chi connectivity index (χ3n) is 1.34. The normalized spacial score (nSPS) is 9.62. The smallest absolute Gasteiger partial charge is 0.293 e. The van der Waals surface area contributed by atoms with Gasteiger partial charge in [-0.15, -0.1) is 0 Å². The first-order chi connectivity index (χ1) is 6.34. The summed E-state index contributed by atoms with van der Waals surface area (Å²) in [7, 11) is 0. The highest BCUT2D eigenvalue weighted by Crippen LogP contribution is 1.99. The van der Waals surface area contributed by atoms with Crippen LogP contribution in [0.15, 0.2) is 24.5 Å². The number of nitrogens with zero attached hydrogens (tertiary/aromatic N) is 1. The van der Waals surface area contributed by atoms with E-state index in [1.807, 2.05) is 6.92 Å². The number of carbonyl (C=O) groups is 1. The van der Waals surface area contributed by atoms with Gasteiger partial charge in [-0.3, -0.25) is 9.87 Å². The van der Waals surface area contributed by atoms with Crippen LogP contribution in [0.2, 0.25) is 0 Å². The predicted octanol–water partition coefficient (Wildman–Crippen LogP) is 1.58. The van der Waals surface area contributed by atoms with Crippen LogP contribution in [0.3, 0.4) is 0 Å². The Balaban J connectivity index is 2.40. The molecule has 1 aromatic heterocycles. The molecule has 0 aliphatic carbocycles. The number of rotatable bonds is 4. The van der Waals surface area contributed by atoms with Crippen LogP contribution < -0.4 is 0 Å². The fourth-order valence-corrected chi connectivity index (χ4v) is 0.715. The molecule has 0 radical (unpaired) electrons. The third-order valence-corrected chi connectivity index (χ3v) is 1.34. The zero-order chi connectivity index (χ0) is 9.52. The molecule has 0 fully saturated rings. The van der Waals surface area contributed by atoms with Crippen LogP contribution in [0.5, 0.6) is 0 Å². The Labute approximate surface area is 76.4 Å². The van der Waals surface area contributed by atoms with E-state index in [9.17, 15) is 4.79 Å². The third kappa shape index (κ3) is 3.21. The number of hydrogen-bond acceptors (Lipinski definition) is 4. The van der Waals surface area contributed by atoms with Gasteiger partial charge in [-0.05, 0) is 18.6 Å². The van der Waals surface area contributed by atoms with E-state index in [1.54, 1.807) is 12.1 Å². The van der Waals surface area contributed by atoms with Crippen molar-refractivity contribution in [2.75, 3.05) is 6.61 Å². The van der Waals surface area contributed by atoms with Gasteiger partial charge in [0.2, 0.25) is 0 Å². The lowest BCUT2D eigenvalue weighted by atomic mass is 10.3. The lowest BCUT2D eigenvalue weighted by Gasteiger charge is -2.00. The summed E-state index contributed by atoms with van der Waals surface area (Å²) in [5, 5.41) is 0. The summed E-state index contributed by atoms with van der Waals surface area (Å²) < 4.78 is 0. The lowest BCUT2D eigenvalue weighted by molar-refractivity contribution is -0.240. The van der Waals surface area contributed by atoms with Gasteiger partial charge >= 0.3 is 5.97 Å². The summed E-state index contributed by atoms with van der Waals surface area (Å²) in [6.45, 7) is 2.34. The van der Waals surface area contributed by atoms with Crippen molar-refractivity contribution in [1.29, 1.82) is 0 Å². The van der Waals surface area contributed by atoms with Crippen molar-refractivity contribution in [1.82, 2.24) is 4.98 Å². The molecule has 70 valence electrons. The minimum atomic E-state index is -0.490. The van der Waals surface area contributed by atoms with Crippen molar-refractivity contribution < 1.29 is 14.6 Å². The van der Waals surface area contributed by atoms with Crippen LogP contribution >= 0.6 is 0 Å². The summed E-state index contributed by atoms with van der Waals surface area (Å²) in [6.07, 6.45) is 3.86. The van der Waals surface area contributed by atoms with Crippen molar-refractivity contribution in [3.8, 4) is 0 Å². The summed E-state index contributed by atoms with van der Waals surface area (Å²) in [4.78, 5) is 24.1. The van der Waals surface area contributed by atoms with Gasteiger partial charge in [0.25, 0.3) is 0 Å². The van der Waals surface area contributed by atoms with E-state index in [0.29, 0.717) is 12.2 Å². The molecule has 1 heterocycles. The summed E-state index contributed by atoms with van der Waals surface area (Å²) in [6, 6.07) is 3.13. The van der Waals surface area contributed by atoms with E-state index >= 15 is 0 Å². The molecule has 0 amide bonds. The van der Waals surface area contributed by atoms with E-state index in [4.69, 9.17) is 0 Å². The van der Waals surface area contributed by atoms with E-state index in [1.165, 1.54) is 12.4 Å². The molecular weight excluding hydrogens is 170 g/mol. The van der Waals surface area contributed by atoms with Crippen molar-refractivity contribution in [3.63, 3.8) is 0 Å².